The van der Waals surface area contributed by atoms with Crippen molar-refractivity contribution < 1.29 is 9.53 Å². The number of benzene rings is 1. The molecule has 1 aromatic carbocycles. The van der Waals surface area contributed by atoms with Crippen LogP contribution in [0.15, 0.2) is 24.3 Å². The topological polar surface area (TPSA) is 26.3 Å². The summed E-state index contributed by atoms with van der Waals surface area (Å²) in [5.41, 5.74) is 0.840. The summed E-state index contributed by atoms with van der Waals surface area (Å²) in [7, 11) is 0.0770. The van der Waals surface area contributed by atoms with E-state index in [9.17, 15) is 4.79 Å². The lowest BCUT2D eigenvalue weighted by Gasteiger charge is -2.15. The number of ether oxygens (including phenoxy) is 1. The van der Waals surface area contributed by atoms with E-state index in [4.69, 9.17) is 0 Å². The zero-order chi connectivity index (χ0) is 12.2. The van der Waals surface area contributed by atoms with Crippen LogP contribution in [0.1, 0.15) is 5.56 Å². The van der Waals surface area contributed by atoms with Gasteiger partial charge in [-0.05, 0) is 12.1 Å². The van der Waals surface area contributed by atoms with E-state index in [0.717, 1.165) is 5.56 Å². The van der Waals surface area contributed by atoms with Gasteiger partial charge in [0.05, 0.1) is 15.2 Å². The maximum absolute atomic E-state index is 10.8. The lowest BCUT2D eigenvalue weighted by atomic mass is 10.2. The lowest BCUT2D eigenvalue weighted by Crippen LogP contribution is -2.37. The second-order valence-electron chi connectivity index (χ2n) is 4.57. The van der Waals surface area contributed by atoms with Crippen LogP contribution in [0.3, 0.4) is 0 Å². The molecule has 1 aromatic rings. The molecule has 0 aliphatic rings. The van der Waals surface area contributed by atoms with Crippen molar-refractivity contribution >= 4 is 19.2 Å². The van der Waals surface area contributed by atoms with Crippen molar-refractivity contribution in [3.8, 4) is 11.8 Å². The largest absolute Gasteiger partial charge is 0.459 e. The van der Waals surface area contributed by atoms with Crippen molar-refractivity contribution in [3.63, 3.8) is 0 Å². The number of esters is 1. The molecular formula is C13H16O2Si. The Labute approximate surface area is 97.6 Å². The van der Waals surface area contributed by atoms with Gasteiger partial charge in [0.25, 0.3) is 0 Å². The van der Waals surface area contributed by atoms with Crippen molar-refractivity contribution in [1.82, 2.24) is 0 Å². The maximum atomic E-state index is 10.8. The van der Waals surface area contributed by atoms with E-state index in [-0.39, 0.29) is 0 Å². The summed E-state index contributed by atoms with van der Waals surface area (Å²) < 4.78 is 4.44. The molecule has 0 fully saturated rings. The Bertz CT molecular complexity index is 430. The molecule has 0 aromatic heterocycles. The van der Waals surface area contributed by atoms with Gasteiger partial charge >= 0.3 is 5.97 Å². The summed E-state index contributed by atoms with van der Waals surface area (Å²) >= 11 is 0. The summed E-state index contributed by atoms with van der Waals surface area (Å²) in [6.07, 6.45) is 0. The Morgan fingerprint density at radius 1 is 1.19 bits per heavy atom. The normalized spacial score (nSPS) is 10.2. The quantitative estimate of drug-likeness (QED) is 0.419. The molecule has 0 N–H and O–H groups in total. The summed E-state index contributed by atoms with van der Waals surface area (Å²) in [6, 6.07) is 8.08. The van der Waals surface area contributed by atoms with E-state index < -0.39 is 14.0 Å². The smallest absolute Gasteiger partial charge is 0.384 e. The van der Waals surface area contributed by atoms with Crippen LogP contribution in [0, 0.1) is 11.8 Å². The third kappa shape index (κ3) is 3.56. The summed E-state index contributed by atoms with van der Waals surface area (Å²) in [6.45, 7) is 6.88. The Morgan fingerprint density at radius 3 is 2.19 bits per heavy atom. The number of hydrogen-bond donors (Lipinski definition) is 0. The Kier molecular flexibility index (Phi) is 3.91. The molecule has 3 heteroatoms. The SMILES string of the molecule is COC(=O)C#Cc1ccc([Si](C)(C)C)cc1. The zero-order valence-corrected chi connectivity index (χ0v) is 11.1. The molecule has 1 rings (SSSR count). The molecule has 0 atom stereocenters. The highest BCUT2D eigenvalue weighted by Crippen LogP contribution is 2.03. The van der Waals surface area contributed by atoms with Gasteiger partial charge in [0.1, 0.15) is 0 Å². The third-order valence-corrected chi connectivity index (χ3v) is 4.31. The van der Waals surface area contributed by atoms with E-state index in [2.05, 4.69) is 48.4 Å². The van der Waals surface area contributed by atoms with E-state index >= 15 is 0 Å². The predicted octanol–water partition coefficient (Wildman–Crippen LogP) is 1.76. The molecule has 0 aliphatic heterocycles. The second-order valence-corrected chi connectivity index (χ2v) is 9.65. The highest BCUT2D eigenvalue weighted by atomic mass is 28.3. The predicted molar refractivity (Wildman–Crippen MR) is 68.3 cm³/mol. The number of methoxy groups -OCH3 is 1. The van der Waals surface area contributed by atoms with Crippen molar-refractivity contribution in [2.75, 3.05) is 7.11 Å². The van der Waals surface area contributed by atoms with Crippen LogP contribution < -0.4 is 5.19 Å². The van der Waals surface area contributed by atoms with Gasteiger partial charge in [-0.15, -0.1) is 0 Å². The van der Waals surface area contributed by atoms with E-state index in [1.165, 1.54) is 12.3 Å². The zero-order valence-electron chi connectivity index (χ0n) is 10.1. The maximum Gasteiger partial charge on any atom is 0.384 e. The van der Waals surface area contributed by atoms with E-state index in [1.807, 2.05) is 12.1 Å². The van der Waals surface area contributed by atoms with Gasteiger partial charge in [-0.3, -0.25) is 0 Å². The van der Waals surface area contributed by atoms with Crippen molar-refractivity contribution in [1.29, 1.82) is 0 Å². The fourth-order valence-electron chi connectivity index (χ4n) is 1.23. The minimum absolute atomic E-state index is 0.505. The second kappa shape index (κ2) is 5.00. The number of rotatable bonds is 1. The van der Waals surface area contributed by atoms with Gasteiger partial charge in [0.2, 0.25) is 0 Å². The Morgan fingerprint density at radius 2 is 1.75 bits per heavy atom. The van der Waals surface area contributed by atoms with Crippen molar-refractivity contribution in [2.45, 2.75) is 19.6 Å². The van der Waals surface area contributed by atoms with Gasteiger partial charge in [-0.25, -0.2) is 4.79 Å². The molecule has 84 valence electrons. The first-order valence-electron chi connectivity index (χ1n) is 5.14. The fourth-order valence-corrected chi connectivity index (χ4v) is 2.39. The Balaban J connectivity index is 2.87. The van der Waals surface area contributed by atoms with Crippen LogP contribution in [0.25, 0.3) is 0 Å². The summed E-state index contributed by atoms with van der Waals surface area (Å²) in [5, 5.41) is 1.39. The van der Waals surface area contributed by atoms with E-state index in [0.29, 0.717) is 0 Å². The molecule has 0 saturated carbocycles. The van der Waals surface area contributed by atoms with Gasteiger partial charge < -0.3 is 4.74 Å². The molecule has 0 saturated heterocycles. The highest BCUT2D eigenvalue weighted by molar-refractivity contribution is 6.88. The number of carbonyl (C=O) groups excluding carboxylic acids is 1. The molecular weight excluding hydrogens is 216 g/mol. The standard InChI is InChI=1S/C13H16O2Si/c1-15-13(14)10-7-11-5-8-12(9-6-11)16(2,3)4/h5-6,8-9H,1-4H3. The van der Waals surface area contributed by atoms with Crippen molar-refractivity contribution in [3.05, 3.63) is 29.8 Å². The average Bonchev–Trinajstić information content (AvgIpc) is 2.25. The average molecular weight is 232 g/mol. The van der Waals surface area contributed by atoms with Crippen LogP contribution in [0.2, 0.25) is 19.6 Å². The first-order valence-corrected chi connectivity index (χ1v) is 8.64. The van der Waals surface area contributed by atoms with Gasteiger partial charge in [-0.1, -0.05) is 42.9 Å². The molecule has 0 heterocycles. The molecule has 0 aliphatic carbocycles. The molecule has 0 radical (unpaired) electrons. The first kappa shape index (κ1) is 12.5. The first-order chi connectivity index (χ1) is 7.43. The lowest BCUT2D eigenvalue weighted by molar-refractivity contribution is -0.133. The third-order valence-electron chi connectivity index (χ3n) is 2.25. The molecule has 0 bridgehead atoms. The minimum Gasteiger partial charge on any atom is -0.459 e. The molecule has 2 nitrogen and oxygen atoms in total. The monoisotopic (exact) mass is 232 g/mol. The van der Waals surface area contributed by atoms with Crippen LogP contribution in [0.4, 0.5) is 0 Å². The van der Waals surface area contributed by atoms with Crippen LogP contribution in [-0.4, -0.2) is 21.2 Å². The molecule has 0 spiro atoms. The Hall–Kier alpha value is -1.53. The van der Waals surface area contributed by atoms with Crippen molar-refractivity contribution in [2.24, 2.45) is 0 Å². The molecule has 0 amide bonds. The molecule has 0 unspecified atom stereocenters. The summed E-state index contributed by atoms with van der Waals surface area (Å²) in [4.78, 5) is 10.8. The van der Waals surface area contributed by atoms with E-state index in [1.54, 1.807) is 0 Å². The van der Waals surface area contributed by atoms with Gasteiger partial charge in [0.15, 0.2) is 0 Å². The van der Waals surface area contributed by atoms with Crippen LogP contribution in [0.5, 0.6) is 0 Å². The van der Waals surface area contributed by atoms with Crippen LogP contribution >= 0.6 is 0 Å². The highest BCUT2D eigenvalue weighted by Gasteiger charge is 2.15. The number of hydrogen-bond acceptors (Lipinski definition) is 2. The van der Waals surface area contributed by atoms with Gasteiger partial charge in [0, 0.05) is 11.5 Å². The number of carbonyl (C=O) groups is 1. The fraction of sp³-hybridized carbons (Fsp3) is 0.308. The summed E-state index contributed by atoms with van der Waals surface area (Å²) in [5.74, 6) is 4.67. The molecule has 16 heavy (non-hydrogen) atoms. The minimum atomic E-state index is -1.25. The van der Waals surface area contributed by atoms with Gasteiger partial charge in [-0.2, -0.15) is 0 Å². The van der Waals surface area contributed by atoms with Crippen LogP contribution in [-0.2, 0) is 9.53 Å².